The summed E-state index contributed by atoms with van der Waals surface area (Å²) in [6.07, 6.45) is 2.95. The van der Waals surface area contributed by atoms with Crippen LogP contribution < -0.4 is 19.3 Å². The highest BCUT2D eigenvalue weighted by Gasteiger charge is 2.28. The molecule has 1 aromatic heterocycles. The van der Waals surface area contributed by atoms with E-state index in [0.29, 0.717) is 44.3 Å². The second-order valence-electron chi connectivity index (χ2n) is 11.7. The molecule has 0 unspecified atom stereocenters. The van der Waals surface area contributed by atoms with Gasteiger partial charge in [0.25, 0.3) is 0 Å². The van der Waals surface area contributed by atoms with Gasteiger partial charge in [0, 0.05) is 70.4 Å². The third-order valence-electron chi connectivity index (χ3n) is 7.55. The van der Waals surface area contributed by atoms with Crippen molar-refractivity contribution in [2.45, 2.75) is 45.6 Å². The van der Waals surface area contributed by atoms with Gasteiger partial charge in [0.2, 0.25) is 5.95 Å². The Bertz CT molecular complexity index is 1150. The van der Waals surface area contributed by atoms with Crippen molar-refractivity contribution in [3.63, 3.8) is 0 Å². The van der Waals surface area contributed by atoms with E-state index in [1.807, 2.05) is 32.9 Å². The lowest BCUT2D eigenvalue weighted by atomic mass is 10.1. The van der Waals surface area contributed by atoms with Gasteiger partial charge in [-0.15, -0.1) is 0 Å². The third-order valence-corrected chi connectivity index (χ3v) is 7.55. The van der Waals surface area contributed by atoms with Crippen molar-refractivity contribution in [1.29, 1.82) is 0 Å². The molecule has 3 aliphatic rings. The van der Waals surface area contributed by atoms with Crippen LogP contribution >= 0.6 is 0 Å². The summed E-state index contributed by atoms with van der Waals surface area (Å²) in [7, 11) is 1.67. The molecular weight excluding hydrogens is 512 g/mol. The van der Waals surface area contributed by atoms with E-state index in [1.54, 1.807) is 12.0 Å². The zero-order valence-corrected chi connectivity index (χ0v) is 24.5. The Kier molecular flexibility index (Phi) is 9.00. The molecule has 1 aromatic carbocycles. The molecule has 220 valence electrons. The Hall–Kier alpha value is -3.05. The van der Waals surface area contributed by atoms with E-state index in [1.165, 1.54) is 0 Å². The number of hydrogen-bond acceptors (Lipinski definition) is 10. The van der Waals surface area contributed by atoms with Crippen LogP contribution in [0, 0.1) is 0 Å². The molecule has 5 rings (SSSR count). The fourth-order valence-electron chi connectivity index (χ4n) is 5.40. The van der Waals surface area contributed by atoms with Crippen LogP contribution in [0.2, 0.25) is 0 Å². The summed E-state index contributed by atoms with van der Waals surface area (Å²) >= 11 is 0. The lowest BCUT2D eigenvalue weighted by Gasteiger charge is -2.36. The smallest absolute Gasteiger partial charge is 0.410 e. The van der Waals surface area contributed by atoms with Gasteiger partial charge in [0.15, 0.2) is 11.5 Å². The lowest BCUT2D eigenvalue weighted by molar-refractivity contribution is 0.0240. The number of benzene rings is 1. The number of hydrogen-bond donors (Lipinski definition) is 0. The minimum atomic E-state index is -0.513. The van der Waals surface area contributed by atoms with Crippen molar-refractivity contribution in [3.8, 4) is 11.5 Å². The average Bonchev–Trinajstić information content (AvgIpc) is 3.49. The summed E-state index contributed by atoms with van der Waals surface area (Å²) < 4.78 is 23.0. The van der Waals surface area contributed by atoms with Gasteiger partial charge in [-0.1, -0.05) is 0 Å². The minimum Gasteiger partial charge on any atom is -0.493 e. The van der Waals surface area contributed by atoms with E-state index in [2.05, 4.69) is 14.7 Å². The van der Waals surface area contributed by atoms with Gasteiger partial charge in [-0.2, -0.15) is 4.98 Å². The number of methoxy groups -OCH3 is 1. The highest BCUT2D eigenvalue weighted by molar-refractivity contribution is 5.93. The highest BCUT2D eigenvalue weighted by Crippen LogP contribution is 2.37. The fraction of sp³-hybridized carbons (Fsp3) is 0.690. The molecule has 3 fully saturated rings. The molecule has 40 heavy (non-hydrogen) atoms. The van der Waals surface area contributed by atoms with Crippen LogP contribution in [-0.2, 0) is 9.47 Å². The van der Waals surface area contributed by atoms with Crippen LogP contribution in [-0.4, -0.2) is 117 Å². The normalized spacial score (nSPS) is 18.9. The zero-order chi connectivity index (χ0) is 28.1. The molecule has 4 heterocycles. The van der Waals surface area contributed by atoms with E-state index in [-0.39, 0.29) is 6.09 Å². The Morgan fingerprint density at radius 2 is 1.65 bits per heavy atom. The molecule has 0 radical (unpaired) electrons. The first-order valence-corrected chi connectivity index (χ1v) is 14.6. The van der Waals surface area contributed by atoms with Crippen molar-refractivity contribution in [3.05, 3.63) is 12.1 Å². The second-order valence-corrected chi connectivity index (χ2v) is 11.7. The largest absolute Gasteiger partial charge is 0.493 e. The van der Waals surface area contributed by atoms with E-state index >= 15 is 0 Å². The Morgan fingerprint density at radius 3 is 2.33 bits per heavy atom. The molecule has 3 aliphatic heterocycles. The maximum atomic E-state index is 12.6. The number of amides is 1. The number of fused-ring (bicyclic) bond motifs is 1. The molecule has 0 aliphatic carbocycles. The van der Waals surface area contributed by atoms with Gasteiger partial charge >= 0.3 is 6.09 Å². The third kappa shape index (κ3) is 6.98. The quantitative estimate of drug-likeness (QED) is 0.451. The summed E-state index contributed by atoms with van der Waals surface area (Å²) in [5.74, 6) is 2.99. The van der Waals surface area contributed by atoms with Gasteiger partial charge in [-0.3, -0.25) is 4.90 Å². The van der Waals surface area contributed by atoms with Crippen LogP contribution in [0.15, 0.2) is 12.1 Å². The van der Waals surface area contributed by atoms with E-state index < -0.39 is 5.60 Å². The van der Waals surface area contributed by atoms with Crippen molar-refractivity contribution < 1.29 is 23.7 Å². The zero-order valence-electron chi connectivity index (χ0n) is 24.5. The van der Waals surface area contributed by atoms with Gasteiger partial charge in [-0.05, 0) is 46.1 Å². The molecule has 0 spiro atoms. The Labute approximate surface area is 237 Å². The van der Waals surface area contributed by atoms with Crippen molar-refractivity contribution >= 4 is 28.8 Å². The number of nitrogens with zero attached hydrogens (tertiary/aromatic N) is 6. The van der Waals surface area contributed by atoms with Crippen LogP contribution in [0.4, 0.5) is 16.6 Å². The molecule has 3 saturated heterocycles. The van der Waals surface area contributed by atoms with E-state index in [0.717, 1.165) is 87.9 Å². The highest BCUT2D eigenvalue weighted by atomic mass is 16.6. The molecule has 0 saturated carbocycles. The van der Waals surface area contributed by atoms with Gasteiger partial charge in [0.05, 0.1) is 32.4 Å². The number of anilines is 2. The van der Waals surface area contributed by atoms with Crippen LogP contribution in [0.1, 0.15) is 40.0 Å². The Morgan fingerprint density at radius 1 is 0.925 bits per heavy atom. The molecule has 1 amide bonds. The maximum absolute atomic E-state index is 12.6. The van der Waals surface area contributed by atoms with Gasteiger partial charge in [-0.25, -0.2) is 9.78 Å². The van der Waals surface area contributed by atoms with E-state index in [4.69, 9.17) is 28.9 Å². The number of morpholine rings is 1. The molecule has 0 bridgehead atoms. The standard InChI is InChI=1S/C29H44N6O5/c1-29(2,3)40-28(36)35-13-11-33(12-14-35)26-22-20-24(37-4)25(39-17-7-8-32-15-18-38-19-16-32)21-23(22)30-27(31-26)34-9-5-6-10-34/h20-21H,5-19H2,1-4H3. The first kappa shape index (κ1) is 28.5. The monoisotopic (exact) mass is 556 g/mol. The number of ether oxygens (including phenoxy) is 4. The van der Waals surface area contributed by atoms with Crippen molar-refractivity contribution in [2.24, 2.45) is 0 Å². The predicted molar refractivity (Wildman–Crippen MR) is 155 cm³/mol. The van der Waals surface area contributed by atoms with Crippen LogP contribution in [0.25, 0.3) is 10.9 Å². The first-order valence-electron chi connectivity index (χ1n) is 14.6. The molecule has 2 aromatic rings. The summed E-state index contributed by atoms with van der Waals surface area (Å²) in [6, 6.07) is 3.99. The summed E-state index contributed by atoms with van der Waals surface area (Å²) in [5, 5.41) is 0.922. The number of aromatic nitrogens is 2. The number of piperazine rings is 1. The first-order chi connectivity index (χ1) is 19.3. The van der Waals surface area contributed by atoms with Crippen LogP contribution in [0.5, 0.6) is 11.5 Å². The fourth-order valence-corrected chi connectivity index (χ4v) is 5.40. The molecule has 11 heteroatoms. The number of carbonyl (C=O) groups excluding carboxylic acids is 1. The topological polar surface area (TPSA) is 92.7 Å². The van der Waals surface area contributed by atoms with Gasteiger partial charge in [0.1, 0.15) is 11.4 Å². The number of rotatable bonds is 8. The summed E-state index contributed by atoms with van der Waals surface area (Å²) in [5.41, 5.74) is 0.325. The summed E-state index contributed by atoms with van der Waals surface area (Å²) in [6.45, 7) is 15.2. The van der Waals surface area contributed by atoms with Crippen molar-refractivity contribution in [1.82, 2.24) is 19.8 Å². The second kappa shape index (κ2) is 12.6. The van der Waals surface area contributed by atoms with Crippen LogP contribution in [0.3, 0.4) is 0 Å². The predicted octanol–water partition coefficient (Wildman–Crippen LogP) is 3.40. The summed E-state index contributed by atoms with van der Waals surface area (Å²) in [4.78, 5) is 31.4. The molecular formula is C29H44N6O5. The average molecular weight is 557 g/mol. The minimum absolute atomic E-state index is 0.269. The molecule has 0 N–H and O–H groups in total. The molecule has 11 nitrogen and oxygen atoms in total. The number of carbonyl (C=O) groups is 1. The van der Waals surface area contributed by atoms with Crippen molar-refractivity contribution in [2.75, 3.05) is 95.6 Å². The SMILES string of the molecule is COc1cc2c(N3CCN(C(=O)OC(C)(C)C)CC3)nc(N3CCCC3)nc2cc1OCCCN1CCOCC1. The maximum Gasteiger partial charge on any atom is 0.410 e. The molecule has 0 atom stereocenters. The van der Waals surface area contributed by atoms with Gasteiger partial charge < -0.3 is 33.6 Å². The Balaban J connectivity index is 1.35. The lowest BCUT2D eigenvalue weighted by Crippen LogP contribution is -2.50. The van der Waals surface area contributed by atoms with E-state index in [9.17, 15) is 4.79 Å².